The fraction of sp³-hybridized carbons (Fsp3) is 0.474. The van der Waals surface area contributed by atoms with Crippen molar-refractivity contribution in [1.82, 2.24) is 9.96 Å². The molecule has 0 spiro atoms. The van der Waals surface area contributed by atoms with Gasteiger partial charge in [-0.05, 0) is 63.2 Å². The molecule has 11 heteroatoms. The van der Waals surface area contributed by atoms with Crippen LogP contribution in [0.1, 0.15) is 84.1 Å². The van der Waals surface area contributed by atoms with Crippen LogP contribution in [0.15, 0.2) is 66.4 Å². The Morgan fingerprint density at radius 2 is 1.61 bits per heavy atom. The van der Waals surface area contributed by atoms with Crippen molar-refractivity contribution in [2.24, 2.45) is 11.3 Å². The number of rotatable bonds is 11. The molecule has 10 nitrogen and oxygen atoms in total. The van der Waals surface area contributed by atoms with Gasteiger partial charge in [0.2, 0.25) is 11.0 Å². The maximum absolute atomic E-state index is 12.2. The number of carbonyl (C=O) groups is 3. The average molecular weight is 689 g/mol. The number of fused-ring (bicyclic) bond motifs is 3. The highest BCUT2D eigenvalue weighted by Crippen LogP contribution is 2.54. The van der Waals surface area contributed by atoms with E-state index < -0.39 is 33.2 Å². The van der Waals surface area contributed by atoms with Gasteiger partial charge in [0, 0.05) is 67.1 Å². The van der Waals surface area contributed by atoms with Gasteiger partial charge in [0.05, 0.1) is 16.0 Å². The van der Waals surface area contributed by atoms with Crippen molar-refractivity contribution in [3.63, 3.8) is 0 Å². The first-order valence-corrected chi connectivity index (χ1v) is 18.9. The Kier molecular flexibility index (Phi) is 9.95. The second-order valence-electron chi connectivity index (χ2n) is 14.0. The molecule has 6 rings (SSSR count). The quantitative estimate of drug-likeness (QED) is 0.0839. The van der Waals surface area contributed by atoms with E-state index in [9.17, 15) is 27.4 Å². The van der Waals surface area contributed by atoms with Crippen molar-refractivity contribution in [2.75, 3.05) is 6.54 Å². The standard InChI is InChI=1S/C38H45N3O7S/c1-4-39-33-21-20-26(49(45,46)47)25-30(33)38(2,3)34(39)18-12-15-27-28-13-7-9-16-31(28)40(32-17-10-8-14-29(27)32)24-11-5-6-19-37(44)48-41-35(42)22-23-36(41)43/h7-10,12-18,26,30,33H,4-6,11,19-25H2,1-3H3/p+1. The van der Waals surface area contributed by atoms with Gasteiger partial charge in [0.1, 0.15) is 6.54 Å². The lowest BCUT2D eigenvalue weighted by Crippen LogP contribution is -2.41. The van der Waals surface area contributed by atoms with E-state index in [2.05, 4.69) is 72.7 Å². The van der Waals surface area contributed by atoms with E-state index in [1.807, 2.05) is 24.3 Å². The number of benzene rings is 2. The summed E-state index contributed by atoms with van der Waals surface area (Å²) in [6, 6.07) is 17.0. The van der Waals surface area contributed by atoms with Crippen LogP contribution in [-0.4, -0.2) is 58.6 Å². The number of hydrogen-bond donors (Lipinski definition) is 1. The summed E-state index contributed by atoms with van der Waals surface area (Å²) in [5.41, 5.74) is 4.28. The molecule has 2 aliphatic heterocycles. The minimum atomic E-state index is -4.07. The van der Waals surface area contributed by atoms with Gasteiger partial charge in [-0.15, -0.1) is 5.06 Å². The first kappa shape index (κ1) is 34.8. The number of allylic oxidation sites excluding steroid dienone is 3. The molecule has 0 radical (unpaired) electrons. The summed E-state index contributed by atoms with van der Waals surface area (Å²) >= 11 is 0. The molecule has 0 bridgehead atoms. The third kappa shape index (κ3) is 6.88. The summed E-state index contributed by atoms with van der Waals surface area (Å²) in [6.45, 7) is 8.12. The normalized spacial score (nSPS) is 23.3. The number of pyridine rings is 1. The van der Waals surface area contributed by atoms with Gasteiger partial charge < -0.3 is 9.74 Å². The minimum absolute atomic E-state index is 0.0797. The molecule has 3 heterocycles. The molecule has 1 aliphatic carbocycles. The van der Waals surface area contributed by atoms with E-state index in [0.717, 1.165) is 59.7 Å². The molecule has 1 aromatic heterocycles. The highest BCUT2D eigenvalue weighted by atomic mass is 32.2. The van der Waals surface area contributed by atoms with Crippen LogP contribution in [0.25, 0.3) is 27.9 Å². The SMILES string of the molecule is CCN1/C(=C/C=C/c2c3ccccc3[n+](CCCCCC(=O)ON3C(=O)CCC3=O)c3ccccc23)C(C)(C)C2CC(S(=O)(=O)O)CCC21. The highest BCUT2D eigenvalue weighted by Gasteiger charge is 2.53. The smallest absolute Gasteiger partial charge is 0.333 e. The van der Waals surface area contributed by atoms with Crippen LogP contribution >= 0.6 is 0 Å². The highest BCUT2D eigenvalue weighted by molar-refractivity contribution is 7.86. The molecule has 3 fully saturated rings. The van der Waals surface area contributed by atoms with Crippen molar-refractivity contribution >= 4 is 55.8 Å². The van der Waals surface area contributed by atoms with Crippen molar-refractivity contribution in [3.05, 3.63) is 71.9 Å². The molecule has 2 saturated heterocycles. The molecular weight excluding hydrogens is 642 g/mol. The maximum atomic E-state index is 12.2. The molecule has 260 valence electrons. The van der Waals surface area contributed by atoms with Gasteiger partial charge in [-0.3, -0.25) is 14.1 Å². The lowest BCUT2D eigenvalue weighted by atomic mass is 9.70. The molecule has 3 atom stereocenters. The summed E-state index contributed by atoms with van der Waals surface area (Å²) < 4.78 is 36.2. The fourth-order valence-electron chi connectivity index (χ4n) is 8.31. The Morgan fingerprint density at radius 1 is 0.980 bits per heavy atom. The summed E-state index contributed by atoms with van der Waals surface area (Å²) in [5, 5.41) is 2.15. The molecule has 3 aliphatic rings. The number of unbranched alkanes of at least 4 members (excludes halogenated alkanes) is 2. The number of carbonyl (C=O) groups excluding carboxylic acids is 3. The molecule has 1 saturated carbocycles. The zero-order chi connectivity index (χ0) is 34.9. The van der Waals surface area contributed by atoms with Crippen LogP contribution in [-0.2, 0) is 35.9 Å². The van der Waals surface area contributed by atoms with Gasteiger partial charge in [0.15, 0.2) is 0 Å². The Bertz CT molecular complexity index is 1880. The number of para-hydroxylation sites is 2. The Hall–Kier alpha value is -4.09. The average Bonchev–Trinajstić information content (AvgIpc) is 3.50. The summed E-state index contributed by atoms with van der Waals surface area (Å²) in [6.07, 6.45) is 10.7. The molecule has 2 amide bonds. The van der Waals surface area contributed by atoms with Crippen molar-refractivity contribution in [2.45, 2.75) is 96.4 Å². The lowest BCUT2D eigenvalue weighted by molar-refractivity contribution is -0.645. The van der Waals surface area contributed by atoms with Crippen molar-refractivity contribution < 1.29 is 36.8 Å². The second kappa shape index (κ2) is 14.0. The monoisotopic (exact) mass is 688 g/mol. The van der Waals surface area contributed by atoms with Crippen LogP contribution in [0.5, 0.6) is 0 Å². The summed E-state index contributed by atoms with van der Waals surface area (Å²) in [5.74, 6) is -1.37. The first-order valence-electron chi connectivity index (χ1n) is 17.4. The zero-order valence-corrected chi connectivity index (χ0v) is 29.3. The number of hydroxylamine groups is 2. The summed E-state index contributed by atoms with van der Waals surface area (Å²) in [4.78, 5) is 43.2. The van der Waals surface area contributed by atoms with Crippen LogP contribution in [0.4, 0.5) is 0 Å². The number of imide groups is 1. The van der Waals surface area contributed by atoms with Gasteiger partial charge in [0.25, 0.3) is 21.9 Å². The Balaban J connectivity index is 1.21. The number of aryl methyl sites for hydroxylation is 1. The largest absolute Gasteiger partial charge is 0.371 e. The number of aromatic nitrogens is 1. The molecule has 49 heavy (non-hydrogen) atoms. The molecule has 3 aromatic rings. The zero-order valence-electron chi connectivity index (χ0n) is 28.5. The summed E-state index contributed by atoms with van der Waals surface area (Å²) in [7, 11) is -4.07. The molecule has 1 N–H and O–H groups in total. The van der Waals surface area contributed by atoms with E-state index in [0.29, 0.717) is 24.3 Å². The van der Waals surface area contributed by atoms with E-state index in [1.165, 1.54) is 5.70 Å². The molecule has 3 unspecified atom stereocenters. The van der Waals surface area contributed by atoms with Gasteiger partial charge in [-0.1, -0.05) is 50.3 Å². The maximum Gasteiger partial charge on any atom is 0.333 e. The first-order chi connectivity index (χ1) is 23.4. The van der Waals surface area contributed by atoms with Gasteiger partial charge in [-0.25, -0.2) is 4.79 Å². The Labute approximate surface area is 288 Å². The predicted octanol–water partition coefficient (Wildman–Crippen LogP) is 6.13. The van der Waals surface area contributed by atoms with Crippen LogP contribution in [0.2, 0.25) is 0 Å². The van der Waals surface area contributed by atoms with E-state index in [1.54, 1.807) is 0 Å². The third-order valence-electron chi connectivity index (χ3n) is 10.8. The van der Waals surface area contributed by atoms with Crippen LogP contribution < -0.4 is 4.57 Å². The lowest BCUT2D eigenvalue weighted by Gasteiger charge is -2.37. The van der Waals surface area contributed by atoms with E-state index >= 15 is 0 Å². The predicted molar refractivity (Wildman–Crippen MR) is 187 cm³/mol. The topological polar surface area (TPSA) is 125 Å². The van der Waals surface area contributed by atoms with Gasteiger partial charge >= 0.3 is 5.97 Å². The minimum Gasteiger partial charge on any atom is -0.371 e. The number of amides is 2. The van der Waals surface area contributed by atoms with Gasteiger partial charge in [-0.2, -0.15) is 13.0 Å². The van der Waals surface area contributed by atoms with Crippen molar-refractivity contribution in [3.8, 4) is 0 Å². The van der Waals surface area contributed by atoms with Crippen LogP contribution in [0.3, 0.4) is 0 Å². The third-order valence-corrected chi connectivity index (χ3v) is 12.0. The van der Waals surface area contributed by atoms with E-state index in [4.69, 9.17) is 4.84 Å². The second-order valence-corrected chi connectivity index (χ2v) is 15.7. The molecule has 2 aromatic carbocycles. The van der Waals surface area contributed by atoms with Crippen molar-refractivity contribution in [1.29, 1.82) is 0 Å². The molecular formula is C38H46N3O7S+. The van der Waals surface area contributed by atoms with E-state index in [-0.39, 0.29) is 36.6 Å². The Morgan fingerprint density at radius 3 is 2.22 bits per heavy atom. The van der Waals surface area contributed by atoms with Crippen LogP contribution in [0, 0.1) is 11.3 Å². The number of nitrogens with zero attached hydrogens (tertiary/aromatic N) is 3. The number of hydrogen-bond acceptors (Lipinski definition) is 7. The fourth-order valence-corrected chi connectivity index (χ4v) is 9.20. The number of likely N-dealkylation sites (tertiary alicyclic amines) is 1.